The highest BCUT2D eigenvalue weighted by atomic mass is 35.5. The van der Waals surface area contributed by atoms with Crippen molar-refractivity contribution in [2.75, 3.05) is 10.6 Å². The zero-order valence-electron chi connectivity index (χ0n) is 16.0. The molecule has 0 heterocycles. The number of rotatable bonds is 6. The number of hydrogen-bond donors (Lipinski definition) is 4. The molecule has 0 saturated carbocycles. The number of carbonyl (C=O) groups is 2. The fraction of sp³-hybridized carbons (Fsp3) is 0.0476. The molecule has 0 fully saturated rings. The van der Waals surface area contributed by atoms with Crippen molar-refractivity contribution in [1.29, 1.82) is 0 Å². The highest BCUT2D eigenvalue weighted by molar-refractivity contribution is 6.31. The van der Waals surface area contributed by atoms with Gasteiger partial charge in [0.1, 0.15) is 6.17 Å². The second kappa shape index (κ2) is 10.1. The maximum absolute atomic E-state index is 12.5. The van der Waals surface area contributed by atoms with Crippen molar-refractivity contribution >= 4 is 40.7 Å². The molecule has 0 aromatic heterocycles. The highest BCUT2D eigenvalue weighted by Gasteiger charge is 2.22. The number of amides is 4. The van der Waals surface area contributed by atoms with Crippen LogP contribution in [0.4, 0.5) is 26.7 Å². The Bertz CT molecular complexity index is 1020. The largest absolute Gasteiger partial charge is 0.321 e. The van der Waals surface area contributed by atoms with Crippen molar-refractivity contribution in [2.45, 2.75) is 6.17 Å². The number of para-hydroxylation sites is 2. The second-order valence-corrected chi connectivity index (χ2v) is 6.73. The molecule has 3 aromatic rings. The van der Waals surface area contributed by atoms with Crippen molar-refractivity contribution < 1.29 is 14.5 Å². The average Bonchev–Trinajstić information content (AvgIpc) is 2.75. The summed E-state index contributed by atoms with van der Waals surface area (Å²) in [6, 6.07) is 19.8. The molecule has 31 heavy (non-hydrogen) atoms. The standard InChI is InChI=1S/C21H18ClN5O4/c22-18-12-11-16(27(30)31)13-17(18)19(25-20(28)23-14-7-3-1-4-8-14)26-21(29)24-15-9-5-2-6-10-15/h1-13,19H,(H2,23,25,28)(H2,24,26,29). The van der Waals surface area contributed by atoms with Crippen LogP contribution in [0.5, 0.6) is 0 Å². The molecule has 0 aliphatic rings. The maximum Gasteiger partial charge on any atom is 0.321 e. The summed E-state index contributed by atoms with van der Waals surface area (Å²) in [5, 5.41) is 21.7. The molecule has 9 nitrogen and oxygen atoms in total. The molecule has 0 spiro atoms. The first-order chi connectivity index (χ1) is 14.9. The van der Waals surface area contributed by atoms with Crippen LogP contribution in [0.15, 0.2) is 78.9 Å². The Morgan fingerprint density at radius 2 is 1.29 bits per heavy atom. The van der Waals surface area contributed by atoms with E-state index in [4.69, 9.17) is 11.6 Å². The summed E-state index contributed by atoms with van der Waals surface area (Å²) in [7, 11) is 0. The Labute approximate surface area is 182 Å². The highest BCUT2D eigenvalue weighted by Crippen LogP contribution is 2.26. The molecule has 0 radical (unpaired) electrons. The van der Waals surface area contributed by atoms with Crippen molar-refractivity contribution in [1.82, 2.24) is 10.6 Å². The molecule has 158 valence electrons. The molecule has 0 unspecified atom stereocenters. The fourth-order valence-electron chi connectivity index (χ4n) is 2.70. The van der Waals surface area contributed by atoms with Gasteiger partial charge in [-0.3, -0.25) is 10.1 Å². The Morgan fingerprint density at radius 3 is 1.74 bits per heavy atom. The summed E-state index contributed by atoms with van der Waals surface area (Å²) in [5.41, 5.74) is 0.970. The van der Waals surface area contributed by atoms with E-state index < -0.39 is 23.2 Å². The van der Waals surface area contributed by atoms with Gasteiger partial charge >= 0.3 is 12.1 Å². The number of nitro benzene ring substituents is 1. The van der Waals surface area contributed by atoms with Crippen LogP contribution in [0.2, 0.25) is 5.02 Å². The molecule has 0 bridgehead atoms. The van der Waals surface area contributed by atoms with Crippen molar-refractivity contribution in [3.05, 3.63) is 99.6 Å². The SMILES string of the molecule is O=C(Nc1ccccc1)NC(NC(=O)Nc1ccccc1)c1cc([N+](=O)[O-])ccc1Cl. The topological polar surface area (TPSA) is 125 Å². The van der Waals surface area contributed by atoms with E-state index in [0.717, 1.165) is 0 Å². The van der Waals surface area contributed by atoms with Gasteiger partial charge in [-0.15, -0.1) is 0 Å². The van der Waals surface area contributed by atoms with Crippen LogP contribution in [0.25, 0.3) is 0 Å². The summed E-state index contributed by atoms with van der Waals surface area (Å²) < 4.78 is 0. The van der Waals surface area contributed by atoms with E-state index in [0.29, 0.717) is 11.4 Å². The molecular formula is C21H18ClN5O4. The Balaban J connectivity index is 1.82. The van der Waals surface area contributed by atoms with E-state index in [9.17, 15) is 19.7 Å². The van der Waals surface area contributed by atoms with Crippen LogP contribution in [0.3, 0.4) is 0 Å². The molecule has 4 N–H and O–H groups in total. The van der Waals surface area contributed by atoms with Crippen LogP contribution >= 0.6 is 11.6 Å². The third-order valence-electron chi connectivity index (χ3n) is 4.12. The van der Waals surface area contributed by atoms with Gasteiger partial charge in [-0.25, -0.2) is 9.59 Å². The second-order valence-electron chi connectivity index (χ2n) is 6.32. The molecular weight excluding hydrogens is 422 g/mol. The number of hydrogen-bond acceptors (Lipinski definition) is 4. The van der Waals surface area contributed by atoms with Crippen LogP contribution in [0.1, 0.15) is 11.7 Å². The molecule has 0 aliphatic carbocycles. The van der Waals surface area contributed by atoms with Gasteiger partial charge in [0.25, 0.3) is 5.69 Å². The number of urea groups is 2. The minimum absolute atomic E-state index is 0.135. The summed E-state index contributed by atoms with van der Waals surface area (Å²) in [6.07, 6.45) is -1.15. The molecule has 10 heteroatoms. The lowest BCUT2D eigenvalue weighted by atomic mass is 10.1. The molecule has 4 amide bonds. The zero-order valence-corrected chi connectivity index (χ0v) is 16.8. The minimum Gasteiger partial charge on any atom is -0.313 e. The predicted octanol–water partition coefficient (Wildman–Crippen LogP) is 4.89. The van der Waals surface area contributed by atoms with Gasteiger partial charge in [-0.2, -0.15) is 0 Å². The van der Waals surface area contributed by atoms with Crippen molar-refractivity contribution in [3.8, 4) is 0 Å². The van der Waals surface area contributed by atoms with E-state index in [-0.39, 0.29) is 16.3 Å². The zero-order chi connectivity index (χ0) is 22.2. The van der Waals surface area contributed by atoms with E-state index in [1.165, 1.54) is 18.2 Å². The first kappa shape index (κ1) is 21.6. The summed E-state index contributed by atoms with van der Waals surface area (Å²) in [6.45, 7) is 0. The van der Waals surface area contributed by atoms with Gasteiger partial charge < -0.3 is 21.3 Å². The lowest BCUT2D eigenvalue weighted by Crippen LogP contribution is -2.44. The lowest BCUT2D eigenvalue weighted by Gasteiger charge is -2.22. The summed E-state index contributed by atoms with van der Waals surface area (Å²) in [4.78, 5) is 35.6. The van der Waals surface area contributed by atoms with Crippen LogP contribution < -0.4 is 21.3 Å². The number of anilines is 2. The predicted molar refractivity (Wildman–Crippen MR) is 118 cm³/mol. The number of benzene rings is 3. The number of halogens is 1. The Hall–Kier alpha value is -4.11. The summed E-state index contributed by atoms with van der Waals surface area (Å²) in [5.74, 6) is 0. The molecule has 3 aromatic carbocycles. The van der Waals surface area contributed by atoms with Gasteiger partial charge in [0.05, 0.1) is 4.92 Å². The van der Waals surface area contributed by atoms with E-state index in [2.05, 4.69) is 21.3 Å². The molecule has 0 aliphatic heterocycles. The average molecular weight is 440 g/mol. The van der Waals surface area contributed by atoms with Gasteiger partial charge in [0.15, 0.2) is 0 Å². The van der Waals surface area contributed by atoms with Crippen LogP contribution in [-0.2, 0) is 0 Å². The molecule has 0 saturated heterocycles. The molecule has 3 rings (SSSR count). The number of nitrogens with zero attached hydrogens (tertiary/aromatic N) is 1. The van der Waals surface area contributed by atoms with E-state index >= 15 is 0 Å². The van der Waals surface area contributed by atoms with E-state index in [1.807, 2.05) is 0 Å². The summed E-state index contributed by atoms with van der Waals surface area (Å²) >= 11 is 6.22. The quantitative estimate of drug-likeness (QED) is 0.248. The first-order valence-corrected chi connectivity index (χ1v) is 9.49. The van der Waals surface area contributed by atoms with Gasteiger partial charge in [0.2, 0.25) is 0 Å². The van der Waals surface area contributed by atoms with Gasteiger partial charge in [-0.1, -0.05) is 48.0 Å². The van der Waals surface area contributed by atoms with E-state index in [1.54, 1.807) is 60.7 Å². The van der Waals surface area contributed by atoms with Gasteiger partial charge in [0, 0.05) is 34.1 Å². The number of carbonyl (C=O) groups excluding carboxylic acids is 2. The monoisotopic (exact) mass is 439 g/mol. The third-order valence-corrected chi connectivity index (χ3v) is 4.46. The number of nitrogens with one attached hydrogen (secondary N) is 4. The Kier molecular flexibility index (Phi) is 7.02. The van der Waals surface area contributed by atoms with Crippen LogP contribution in [-0.4, -0.2) is 17.0 Å². The van der Waals surface area contributed by atoms with Crippen LogP contribution in [0, 0.1) is 10.1 Å². The lowest BCUT2D eigenvalue weighted by molar-refractivity contribution is -0.384. The number of nitro groups is 1. The molecule has 0 atom stereocenters. The Morgan fingerprint density at radius 1 is 0.806 bits per heavy atom. The first-order valence-electron chi connectivity index (χ1n) is 9.11. The normalized spacial score (nSPS) is 10.3. The smallest absolute Gasteiger partial charge is 0.313 e. The van der Waals surface area contributed by atoms with Crippen molar-refractivity contribution in [3.63, 3.8) is 0 Å². The fourth-order valence-corrected chi connectivity index (χ4v) is 2.92. The van der Waals surface area contributed by atoms with Gasteiger partial charge in [-0.05, 0) is 30.3 Å². The maximum atomic E-state index is 12.5. The van der Waals surface area contributed by atoms with Crippen molar-refractivity contribution in [2.24, 2.45) is 0 Å². The minimum atomic E-state index is -1.15. The third kappa shape index (κ3) is 6.18. The number of non-ortho nitro benzene ring substituents is 1.